The maximum absolute atomic E-state index is 13.2. The van der Waals surface area contributed by atoms with E-state index in [4.69, 9.17) is 10.5 Å². The molecule has 6 rings (SSSR count). The van der Waals surface area contributed by atoms with Crippen LogP contribution in [0, 0.1) is 23.2 Å². The number of morpholine rings is 1. The van der Waals surface area contributed by atoms with E-state index in [0.717, 1.165) is 38.2 Å². The highest BCUT2D eigenvalue weighted by Gasteiger charge is 2.58. The molecule has 1 heterocycles. The Balaban J connectivity index is 1.24. The zero-order valence-corrected chi connectivity index (χ0v) is 19.3. The van der Waals surface area contributed by atoms with E-state index in [1.807, 2.05) is 11.8 Å². The molecule has 9 heteroatoms. The lowest BCUT2D eigenvalue weighted by molar-refractivity contribution is -0.151. The first-order chi connectivity index (χ1) is 16.1. The Labute approximate surface area is 197 Å². The lowest BCUT2D eigenvalue weighted by Crippen LogP contribution is -2.63. The molecule has 1 aromatic carbocycles. The Hall–Kier alpha value is -2.13. The fourth-order valence-corrected chi connectivity index (χ4v) is 7.18. The maximum Gasteiger partial charge on any atom is 0.416 e. The minimum Gasteiger partial charge on any atom is -0.369 e. The number of amides is 2. The number of carbonyl (C=O) groups is 2. The number of nitrogens with one attached hydrogen (secondary N) is 1. The van der Waals surface area contributed by atoms with Gasteiger partial charge in [0.2, 0.25) is 5.91 Å². The molecular weight excluding hydrogens is 447 g/mol. The number of nitrogens with two attached hydrogens (primary N) is 1. The molecule has 5 aliphatic rings. The van der Waals surface area contributed by atoms with Crippen molar-refractivity contribution in [2.24, 2.45) is 28.9 Å². The molecule has 0 radical (unpaired) electrons. The van der Waals surface area contributed by atoms with E-state index in [-0.39, 0.29) is 35.7 Å². The summed E-state index contributed by atoms with van der Waals surface area (Å²) in [4.78, 5) is 27.4. The molecule has 4 atom stereocenters. The average molecular weight is 480 g/mol. The highest BCUT2D eigenvalue weighted by molar-refractivity contribution is 5.83. The highest BCUT2D eigenvalue weighted by Crippen LogP contribution is 2.59. The van der Waals surface area contributed by atoms with Gasteiger partial charge >= 0.3 is 6.18 Å². The van der Waals surface area contributed by atoms with Crippen molar-refractivity contribution in [1.29, 1.82) is 0 Å². The Bertz CT molecular complexity index is 952. The van der Waals surface area contributed by atoms with Crippen molar-refractivity contribution in [3.8, 4) is 0 Å². The van der Waals surface area contributed by atoms with Gasteiger partial charge in [0.15, 0.2) is 0 Å². The topological polar surface area (TPSA) is 84.7 Å². The van der Waals surface area contributed by atoms with Gasteiger partial charge in [-0.25, -0.2) is 0 Å². The first-order valence-electron chi connectivity index (χ1n) is 12.2. The molecule has 4 aliphatic carbocycles. The summed E-state index contributed by atoms with van der Waals surface area (Å²) < 4.78 is 45.2. The third kappa shape index (κ3) is 4.21. The molecule has 4 saturated carbocycles. The first-order valence-corrected chi connectivity index (χ1v) is 12.2. The quantitative estimate of drug-likeness (QED) is 0.679. The molecule has 1 aliphatic heterocycles. The van der Waals surface area contributed by atoms with Gasteiger partial charge in [-0.1, -0.05) is 12.1 Å². The van der Waals surface area contributed by atoms with Gasteiger partial charge < -0.3 is 15.8 Å². The predicted octanol–water partition coefficient (Wildman–Crippen LogP) is 3.26. The fourth-order valence-electron chi connectivity index (χ4n) is 7.18. The van der Waals surface area contributed by atoms with Crippen LogP contribution in [-0.4, -0.2) is 48.6 Å². The molecule has 4 unspecified atom stereocenters. The van der Waals surface area contributed by atoms with Crippen molar-refractivity contribution >= 4 is 11.8 Å². The highest BCUT2D eigenvalue weighted by atomic mass is 19.4. The van der Waals surface area contributed by atoms with Gasteiger partial charge in [0.1, 0.15) is 6.10 Å². The Morgan fingerprint density at radius 2 is 1.91 bits per heavy atom. The van der Waals surface area contributed by atoms with Crippen LogP contribution in [0.4, 0.5) is 13.2 Å². The number of carbonyl (C=O) groups excluding carboxylic acids is 2. The van der Waals surface area contributed by atoms with Crippen molar-refractivity contribution in [3.63, 3.8) is 0 Å². The number of primary amides is 1. The zero-order valence-electron chi connectivity index (χ0n) is 19.3. The second-order valence-electron chi connectivity index (χ2n) is 10.8. The van der Waals surface area contributed by atoms with E-state index in [1.165, 1.54) is 12.1 Å². The van der Waals surface area contributed by atoms with E-state index >= 15 is 0 Å². The van der Waals surface area contributed by atoms with E-state index in [0.29, 0.717) is 31.2 Å². The zero-order chi connectivity index (χ0) is 24.3. The van der Waals surface area contributed by atoms with Crippen molar-refractivity contribution in [2.45, 2.75) is 63.4 Å². The summed E-state index contributed by atoms with van der Waals surface area (Å²) in [6.45, 7) is 3.06. The van der Waals surface area contributed by atoms with Crippen molar-refractivity contribution in [2.75, 3.05) is 19.7 Å². The molecule has 0 aromatic heterocycles. The number of rotatable bonds is 5. The molecule has 5 fully saturated rings. The summed E-state index contributed by atoms with van der Waals surface area (Å²) in [6.07, 6.45) is -0.681. The Morgan fingerprint density at radius 3 is 2.56 bits per heavy atom. The molecule has 1 saturated heterocycles. The number of benzene rings is 1. The molecule has 6 nitrogen and oxygen atoms in total. The van der Waals surface area contributed by atoms with Gasteiger partial charge in [0, 0.05) is 30.6 Å². The SMILES string of the molecule is CC(c1cccc(C(F)(F)F)c1)N1CCOC(C(=O)NC2C3CC4CC2CC(C(N)=O)(C4)C3)C1. The largest absolute Gasteiger partial charge is 0.416 e. The van der Waals surface area contributed by atoms with Crippen LogP contribution >= 0.6 is 0 Å². The summed E-state index contributed by atoms with van der Waals surface area (Å²) in [6, 6.07) is 5.10. The maximum atomic E-state index is 13.2. The van der Waals surface area contributed by atoms with E-state index in [9.17, 15) is 22.8 Å². The summed E-state index contributed by atoms with van der Waals surface area (Å²) in [5, 5.41) is 3.22. The van der Waals surface area contributed by atoms with Crippen LogP contribution in [0.2, 0.25) is 0 Å². The fraction of sp³-hybridized carbons (Fsp3) is 0.680. The number of nitrogens with zero attached hydrogens (tertiary/aromatic N) is 1. The van der Waals surface area contributed by atoms with E-state index < -0.39 is 23.3 Å². The normalized spacial score (nSPS) is 36.3. The second kappa shape index (κ2) is 8.52. The van der Waals surface area contributed by atoms with Gasteiger partial charge in [-0.2, -0.15) is 13.2 Å². The minimum absolute atomic E-state index is 0.0244. The molecule has 1 aromatic rings. The van der Waals surface area contributed by atoms with Gasteiger partial charge in [-0.15, -0.1) is 0 Å². The summed E-state index contributed by atoms with van der Waals surface area (Å²) >= 11 is 0. The van der Waals surface area contributed by atoms with Crippen molar-refractivity contribution in [3.05, 3.63) is 35.4 Å². The molecule has 186 valence electrons. The number of alkyl halides is 3. The lowest BCUT2D eigenvalue weighted by atomic mass is 9.47. The Morgan fingerprint density at radius 1 is 1.21 bits per heavy atom. The molecule has 4 bridgehead atoms. The van der Waals surface area contributed by atoms with Crippen LogP contribution in [0.1, 0.15) is 56.2 Å². The van der Waals surface area contributed by atoms with Gasteiger partial charge in [0.25, 0.3) is 5.91 Å². The molecule has 3 N–H and O–H groups in total. The molecule has 34 heavy (non-hydrogen) atoms. The summed E-state index contributed by atoms with van der Waals surface area (Å²) in [5.41, 5.74) is 5.25. The second-order valence-corrected chi connectivity index (χ2v) is 10.8. The average Bonchev–Trinajstić information content (AvgIpc) is 2.80. The van der Waals surface area contributed by atoms with E-state index in [2.05, 4.69) is 5.32 Å². The smallest absolute Gasteiger partial charge is 0.369 e. The van der Waals surface area contributed by atoms with Gasteiger partial charge in [-0.05, 0) is 74.5 Å². The first kappa shape index (κ1) is 23.6. The van der Waals surface area contributed by atoms with Crippen LogP contribution in [0.25, 0.3) is 0 Å². The number of ether oxygens (including phenoxy) is 1. The van der Waals surface area contributed by atoms with Crippen LogP contribution in [0.15, 0.2) is 24.3 Å². The van der Waals surface area contributed by atoms with Crippen LogP contribution in [0.5, 0.6) is 0 Å². The van der Waals surface area contributed by atoms with Crippen LogP contribution in [0.3, 0.4) is 0 Å². The van der Waals surface area contributed by atoms with Gasteiger partial charge in [0.05, 0.1) is 12.2 Å². The van der Waals surface area contributed by atoms with Crippen LogP contribution < -0.4 is 11.1 Å². The van der Waals surface area contributed by atoms with Gasteiger partial charge in [-0.3, -0.25) is 14.5 Å². The monoisotopic (exact) mass is 479 g/mol. The minimum atomic E-state index is -4.39. The standard InChI is InChI=1S/C25H32F3N3O3/c1-14(16-3-2-4-19(9-16)25(26,27)28)31-5-6-34-20(13-31)22(32)30-21-17-7-15-8-18(21)12-24(10-15,11-17)23(29)33/h2-4,9,14-15,17-18,20-21H,5-8,10-13H2,1H3,(H2,29,33)(H,30,32). The molecule has 0 spiro atoms. The molecular formula is C25H32F3N3O3. The predicted molar refractivity (Wildman–Crippen MR) is 118 cm³/mol. The number of hydrogen-bond acceptors (Lipinski definition) is 4. The van der Waals surface area contributed by atoms with Crippen molar-refractivity contribution < 1.29 is 27.5 Å². The molecule has 2 amide bonds. The lowest BCUT2D eigenvalue weighted by Gasteiger charge is -2.59. The summed E-state index contributed by atoms with van der Waals surface area (Å²) in [5.74, 6) is 0.642. The Kier molecular flexibility index (Phi) is 5.91. The summed E-state index contributed by atoms with van der Waals surface area (Å²) in [7, 11) is 0. The van der Waals surface area contributed by atoms with Crippen LogP contribution in [-0.2, 0) is 20.5 Å². The van der Waals surface area contributed by atoms with Crippen molar-refractivity contribution in [1.82, 2.24) is 10.2 Å². The third-order valence-electron chi connectivity index (χ3n) is 8.74. The number of hydrogen-bond donors (Lipinski definition) is 2. The number of halogens is 3. The van der Waals surface area contributed by atoms with E-state index in [1.54, 1.807) is 6.07 Å². The third-order valence-corrected chi connectivity index (χ3v) is 8.74.